The lowest BCUT2D eigenvalue weighted by Gasteiger charge is -2.08. The molecule has 104 valence electrons. The highest BCUT2D eigenvalue weighted by Gasteiger charge is 2.10. The van der Waals surface area contributed by atoms with Crippen LogP contribution in [0.4, 0.5) is 11.5 Å². The summed E-state index contributed by atoms with van der Waals surface area (Å²) in [7, 11) is 0. The average molecular weight is 290 g/mol. The van der Waals surface area contributed by atoms with Crippen LogP contribution in [0.1, 0.15) is 22.8 Å². The first-order valence-corrected chi connectivity index (χ1v) is 6.75. The van der Waals surface area contributed by atoms with Crippen molar-refractivity contribution in [2.75, 3.05) is 17.2 Å². The monoisotopic (exact) mass is 289 g/mol. The van der Waals surface area contributed by atoms with Gasteiger partial charge < -0.3 is 10.6 Å². The number of aromatic nitrogens is 1. The van der Waals surface area contributed by atoms with Crippen molar-refractivity contribution in [3.63, 3.8) is 0 Å². The first kappa shape index (κ1) is 14.3. The Morgan fingerprint density at radius 2 is 2.15 bits per heavy atom. The fourth-order valence-electron chi connectivity index (χ4n) is 1.79. The Morgan fingerprint density at radius 3 is 2.80 bits per heavy atom. The molecule has 0 atom stereocenters. The van der Waals surface area contributed by atoms with Crippen LogP contribution in [-0.4, -0.2) is 17.4 Å². The van der Waals surface area contributed by atoms with Gasteiger partial charge in [-0.15, -0.1) is 0 Å². The van der Waals surface area contributed by atoms with Crippen LogP contribution < -0.4 is 10.6 Å². The van der Waals surface area contributed by atoms with Gasteiger partial charge in [-0.25, -0.2) is 4.98 Å². The molecule has 0 saturated heterocycles. The fourth-order valence-corrected chi connectivity index (χ4v) is 2.02. The highest BCUT2D eigenvalue weighted by Crippen LogP contribution is 2.20. The maximum absolute atomic E-state index is 12.1. The van der Waals surface area contributed by atoms with Crippen LogP contribution >= 0.6 is 11.6 Å². The van der Waals surface area contributed by atoms with E-state index in [-0.39, 0.29) is 5.91 Å². The molecule has 1 heterocycles. The minimum absolute atomic E-state index is 0.229. The van der Waals surface area contributed by atoms with Gasteiger partial charge in [0.15, 0.2) is 0 Å². The van der Waals surface area contributed by atoms with Crippen LogP contribution in [0.15, 0.2) is 36.5 Å². The molecule has 0 aliphatic carbocycles. The third kappa shape index (κ3) is 3.48. The molecule has 0 fully saturated rings. The molecule has 0 bridgehead atoms. The number of halogens is 1. The van der Waals surface area contributed by atoms with Gasteiger partial charge in [-0.2, -0.15) is 0 Å². The number of nitrogens with zero attached hydrogens (tertiary/aromatic N) is 1. The lowest BCUT2D eigenvalue weighted by Crippen LogP contribution is -2.13. The first-order chi connectivity index (χ1) is 9.60. The Hall–Kier alpha value is -2.07. The zero-order valence-electron chi connectivity index (χ0n) is 11.4. The minimum Gasteiger partial charge on any atom is -0.369 e. The normalized spacial score (nSPS) is 10.2. The summed E-state index contributed by atoms with van der Waals surface area (Å²) >= 11 is 6.08. The molecule has 1 amide bonds. The maximum atomic E-state index is 12.1. The van der Waals surface area contributed by atoms with E-state index in [1.807, 2.05) is 38.1 Å². The number of hydrogen-bond donors (Lipinski definition) is 2. The number of amides is 1. The number of carbonyl (C=O) groups is 1. The molecule has 5 heteroatoms. The van der Waals surface area contributed by atoms with E-state index in [1.54, 1.807) is 6.07 Å². The number of hydrogen-bond acceptors (Lipinski definition) is 3. The summed E-state index contributed by atoms with van der Waals surface area (Å²) in [5.41, 5.74) is 2.27. The number of pyridine rings is 1. The quantitative estimate of drug-likeness (QED) is 0.902. The van der Waals surface area contributed by atoms with Gasteiger partial charge in [0.25, 0.3) is 5.91 Å². The summed E-state index contributed by atoms with van der Waals surface area (Å²) in [6.45, 7) is 4.65. The lowest BCUT2D eigenvalue weighted by molar-refractivity contribution is 0.102. The summed E-state index contributed by atoms with van der Waals surface area (Å²) in [5, 5.41) is 6.28. The third-order valence-electron chi connectivity index (χ3n) is 2.72. The van der Waals surface area contributed by atoms with Crippen LogP contribution in [0.3, 0.4) is 0 Å². The maximum Gasteiger partial charge on any atom is 0.257 e. The second-order valence-corrected chi connectivity index (χ2v) is 4.82. The van der Waals surface area contributed by atoms with Crippen LogP contribution in [0, 0.1) is 6.92 Å². The number of carbonyl (C=O) groups excluding carboxylic acids is 1. The van der Waals surface area contributed by atoms with E-state index >= 15 is 0 Å². The van der Waals surface area contributed by atoms with E-state index in [1.165, 1.54) is 6.20 Å². The van der Waals surface area contributed by atoms with Gasteiger partial charge in [-0.1, -0.05) is 23.7 Å². The predicted molar refractivity (Wildman–Crippen MR) is 82.5 cm³/mol. The van der Waals surface area contributed by atoms with Crippen molar-refractivity contribution < 1.29 is 4.79 Å². The minimum atomic E-state index is -0.229. The molecule has 1 aromatic heterocycles. The van der Waals surface area contributed by atoms with Gasteiger partial charge in [0.2, 0.25) is 0 Å². The molecule has 0 radical (unpaired) electrons. The number of benzene rings is 1. The molecule has 20 heavy (non-hydrogen) atoms. The second kappa shape index (κ2) is 6.39. The van der Waals surface area contributed by atoms with Crippen molar-refractivity contribution in [2.24, 2.45) is 0 Å². The summed E-state index contributed by atoms with van der Waals surface area (Å²) in [5.74, 6) is 0.356. The number of nitrogens with one attached hydrogen (secondary N) is 2. The summed E-state index contributed by atoms with van der Waals surface area (Å²) < 4.78 is 0. The van der Waals surface area contributed by atoms with E-state index in [0.29, 0.717) is 16.4 Å². The Bertz CT molecular complexity index is 628. The van der Waals surface area contributed by atoms with Crippen LogP contribution in [0.5, 0.6) is 0 Å². The van der Waals surface area contributed by atoms with Crippen molar-refractivity contribution in [1.82, 2.24) is 4.98 Å². The van der Waals surface area contributed by atoms with Crippen molar-refractivity contribution in [3.05, 3.63) is 52.7 Å². The third-order valence-corrected chi connectivity index (χ3v) is 3.01. The summed E-state index contributed by atoms with van der Waals surface area (Å²) in [6, 6.07) is 9.22. The lowest BCUT2D eigenvalue weighted by atomic mass is 10.2. The largest absolute Gasteiger partial charge is 0.369 e. The molecule has 2 aromatic rings. The van der Waals surface area contributed by atoms with Gasteiger partial charge in [0.05, 0.1) is 10.6 Å². The molecule has 0 aliphatic rings. The number of aryl methyl sites for hydroxylation is 1. The topological polar surface area (TPSA) is 54.0 Å². The highest BCUT2D eigenvalue weighted by molar-refractivity contribution is 6.33. The molecule has 1 aromatic carbocycles. The molecular weight excluding hydrogens is 274 g/mol. The highest BCUT2D eigenvalue weighted by atomic mass is 35.5. The van der Waals surface area contributed by atoms with Crippen LogP contribution in [0.2, 0.25) is 5.02 Å². The smallest absolute Gasteiger partial charge is 0.257 e. The van der Waals surface area contributed by atoms with Gasteiger partial charge >= 0.3 is 0 Å². The molecule has 2 N–H and O–H groups in total. The van der Waals surface area contributed by atoms with Crippen molar-refractivity contribution >= 4 is 29.0 Å². The standard InChI is InChI=1S/C15H16ClN3O/c1-3-17-14-13(16)8-11(9-18-14)15(20)19-12-6-4-5-10(2)7-12/h4-9H,3H2,1-2H3,(H,17,18)(H,19,20). The average Bonchev–Trinajstić information content (AvgIpc) is 2.41. The van der Waals surface area contributed by atoms with E-state index in [2.05, 4.69) is 15.6 Å². The number of anilines is 2. The zero-order valence-corrected chi connectivity index (χ0v) is 12.2. The summed E-state index contributed by atoms with van der Waals surface area (Å²) in [4.78, 5) is 16.3. The van der Waals surface area contributed by atoms with E-state index in [4.69, 9.17) is 11.6 Å². The molecule has 2 rings (SSSR count). The van der Waals surface area contributed by atoms with Crippen LogP contribution in [0.25, 0.3) is 0 Å². The van der Waals surface area contributed by atoms with E-state index in [9.17, 15) is 4.79 Å². The number of rotatable bonds is 4. The molecule has 0 saturated carbocycles. The molecule has 0 unspecified atom stereocenters. The van der Waals surface area contributed by atoms with Crippen molar-refractivity contribution in [2.45, 2.75) is 13.8 Å². The Balaban J connectivity index is 2.15. The Kier molecular flexibility index (Phi) is 4.58. The fraction of sp³-hybridized carbons (Fsp3) is 0.200. The van der Waals surface area contributed by atoms with Crippen LogP contribution in [-0.2, 0) is 0 Å². The van der Waals surface area contributed by atoms with E-state index < -0.39 is 0 Å². The Labute approximate surface area is 123 Å². The van der Waals surface area contributed by atoms with Crippen molar-refractivity contribution in [1.29, 1.82) is 0 Å². The van der Waals surface area contributed by atoms with Crippen molar-refractivity contribution in [3.8, 4) is 0 Å². The second-order valence-electron chi connectivity index (χ2n) is 4.41. The molecular formula is C15H16ClN3O. The summed E-state index contributed by atoms with van der Waals surface area (Å²) in [6.07, 6.45) is 1.51. The molecule has 4 nitrogen and oxygen atoms in total. The first-order valence-electron chi connectivity index (χ1n) is 6.37. The van der Waals surface area contributed by atoms with Gasteiger partial charge in [-0.3, -0.25) is 4.79 Å². The zero-order chi connectivity index (χ0) is 14.5. The molecule has 0 aliphatic heterocycles. The van der Waals surface area contributed by atoms with Gasteiger partial charge in [-0.05, 0) is 37.6 Å². The van der Waals surface area contributed by atoms with Gasteiger partial charge in [0, 0.05) is 18.4 Å². The molecule has 0 spiro atoms. The predicted octanol–water partition coefficient (Wildman–Crippen LogP) is 3.73. The van der Waals surface area contributed by atoms with E-state index in [0.717, 1.165) is 17.8 Å². The SMILES string of the molecule is CCNc1ncc(C(=O)Nc2cccc(C)c2)cc1Cl. The Morgan fingerprint density at radius 1 is 1.35 bits per heavy atom. The van der Waals surface area contributed by atoms with Gasteiger partial charge in [0.1, 0.15) is 5.82 Å².